The van der Waals surface area contributed by atoms with E-state index in [0.717, 1.165) is 12.8 Å². The molecule has 0 aliphatic heterocycles. The maximum absolute atomic E-state index is 13.2. The molecule has 1 saturated carbocycles. The van der Waals surface area contributed by atoms with E-state index in [1.165, 1.54) is 37.8 Å². The van der Waals surface area contributed by atoms with Crippen molar-refractivity contribution >= 4 is 0 Å². The zero-order valence-electron chi connectivity index (χ0n) is 10.4. The van der Waals surface area contributed by atoms with Crippen molar-refractivity contribution in [3.8, 4) is 5.75 Å². The number of halogens is 2. The van der Waals surface area contributed by atoms with Gasteiger partial charge >= 0.3 is 0 Å². The van der Waals surface area contributed by atoms with E-state index in [9.17, 15) is 8.78 Å². The SMILES string of the molecule is Oc1c(F)cc(CNC2CCCCCC2)cc1F. The Morgan fingerprint density at radius 2 is 1.61 bits per heavy atom. The first-order chi connectivity index (χ1) is 8.66. The highest BCUT2D eigenvalue weighted by Gasteiger charge is 2.13. The molecule has 0 heterocycles. The zero-order valence-corrected chi connectivity index (χ0v) is 10.4. The lowest BCUT2D eigenvalue weighted by Crippen LogP contribution is -2.27. The average Bonchev–Trinajstić information content (AvgIpc) is 2.61. The van der Waals surface area contributed by atoms with Crippen molar-refractivity contribution in [2.75, 3.05) is 0 Å². The van der Waals surface area contributed by atoms with Crippen molar-refractivity contribution in [2.45, 2.75) is 51.1 Å². The highest BCUT2D eigenvalue weighted by atomic mass is 19.1. The molecule has 0 aromatic heterocycles. The summed E-state index contributed by atoms with van der Waals surface area (Å²) in [5.41, 5.74) is 0.534. The summed E-state index contributed by atoms with van der Waals surface area (Å²) in [5.74, 6) is -2.69. The summed E-state index contributed by atoms with van der Waals surface area (Å²) >= 11 is 0. The fourth-order valence-corrected chi connectivity index (χ4v) is 2.47. The molecule has 0 bridgehead atoms. The summed E-state index contributed by atoms with van der Waals surface area (Å²) in [4.78, 5) is 0. The van der Waals surface area contributed by atoms with E-state index in [-0.39, 0.29) is 0 Å². The molecule has 0 spiro atoms. The highest BCUT2D eigenvalue weighted by Crippen LogP contribution is 2.22. The zero-order chi connectivity index (χ0) is 13.0. The molecule has 0 amide bonds. The maximum Gasteiger partial charge on any atom is 0.187 e. The normalized spacial score (nSPS) is 17.7. The molecule has 100 valence electrons. The first kappa shape index (κ1) is 13.3. The van der Waals surface area contributed by atoms with Crippen LogP contribution in [0.15, 0.2) is 12.1 Å². The molecule has 1 aromatic rings. The van der Waals surface area contributed by atoms with Crippen LogP contribution in [-0.4, -0.2) is 11.1 Å². The molecule has 0 radical (unpaired) electrons. The van der Waals surface area contributed by atoms with Gasteiger partial charge in [0.25, 0.3) is 0 Å². The van der Waals surface area contributed by atoms with Gasteiger partial charge in [-0.2, -0.15) is 0 Å². The summed E-state index contributed by atoms with van der Waals surface area (Å²) in [7, 11) is 0. The number of hydrogen-bond acceptors (Lipinski definition) is 2. The van der Waals surface area contributed by atoms with E-state index in [4.69, 9.17) is 5.11 Å². The lowest BCUT2D eigenvalue weighted by molar-refractivity contribution is 0.394. The van der Waals surface area contributed by atoms with Gasteiger partial charge in [-0.3, -0.25) is 0 Å². The number of hydrogen-bond donors (Lipinski definition) is 2. The summed E-state index contributed by atoms with van der Waals surface area (Å²) < 4.78 is 26.3. The molecular weight excluding hydrogens is 236 g/mol. The Kier molecular flexibility index (Phi) is 4.53. The van der Waals surface area contributed by atoms with Gasteiger partial charge in [0, 0.05) is 12.6 Å². The largest absolute Gasteiger partial charge is 0.503 e. The number of rotatable bonds is 3. The monoisotopic (exact) mass is 255 g/mol. The van der Waals surface area contributed by atoms with Crippen molar-refractivity contribution in [1.29, 1.82) is 0 Å². The van der Waals surface area contributed by atoms with Crippen LogP contribution in [0.5, 0.6) is 5.75 Å². The fraction of sp³-hybridized carbons (Fsp3) is 0.571. The topological polar surface area (TPSA) is 32.3 Å². The molecule has 1 aliphatic carbocycles. The number of nitrogens with one attached hydrogen (secondary N) is 1. The van der Waals surface area contributed by atoms with Crippen molar-refractivity contribution < 1.29 is 13.9 Å². The van der Waals surface area contributed by atoms with Crippen molar-refractivity contribution in [2.24, 2.45) is 0 Å². The van der Waals surface area contributed by atoms with Crippen LogP contribution >= 0.6 is 0 Å². The maximum atomic E-state index is 13.2. The van der Waals surface area contributed by atoms with E-state index >= 15 is 0 Å². The second-order valence-electron chi connectivity index (χ2n) is 4.98. The van der Waals surface area contributed by atoms with Gasteiger partial charge in [-0.1, -0.05) is 25.7 Å². The molecule has 4 heteroatoms. The van der Waals surface area contributed by atoms with Gasteiger partial charge in [0.2, 0.25) is 0 Å². The Hall–Kier alpha value is -1.16. The second kappa shape index (κ2) is 6.14. The van der Waals surface area contributed by atoms with Crippen LogP contribution in [-0.2, 0) is 6.54 Å². The molecule has 2 rings (SSSR count). The summed E-state index contributed by atoms with van der Waals surface area (Å²) in [6, 6.07) is 2.80. The standard InChI is InChI=1S/C14H19F2NO/c15-12-7-10(8-13(16)14(12)18)9-17-11-5-3-1-2-4-6-11/h7-8,11,17-18H,1-6,9H2. The molecule has 0 atom stereocenters. The molecule has 2 nitrogen and oxygen atoms in total. The van der Waals surface area contributed by atoms with Crippen molar-refractivity contribution in [3.63, 3.8) is 0 Å². The van der Waals surface area contributed by atoms with Crippen molar-refractivity contribution in [3.05, 3.63) is 29.3 Å². The van der Waals surface area contributed by atoms with Gasteiger partial charge in [-0.15, -0.1) is 0 Å². The summed E-state index contributed by atoms with van der Waals surface area (Å²) in [6.07, 6.45) is 7.25. The summed E-state index contributed by atoms with van der Waals surface area (Å²) in [6.45, 7) is 0.443. The molecule has 2 N–H and O–H groups in total. The minimum atomic E-state index is -0.896. The molecule has 0 unspecified atom stereocenters. The van der Waals surface area contributed by atoms with Gasteiger partial charge in [0.05, 0.1) is 0 Å². The molecule has 18 heavy (non-hydrogen) atoms. The third-order valence-electron chi connectivity index (χ3n) is 3.53. The number of benzene rings is 1. The quantitative estimate of drug-likeness (QED) is 0.810. The minimum absolute atomic E-state index is 0.437. The summed E-state index contributed by atoms with van der Waals surface area (Å²) in [5, 5.41) is 12.4. The predicted molar refractivity (Wildman–Crippen MR) is 66.4 cm³/mol. The number of phenols is 1. The Labute approximate surface area is 106 Å². The lowest BCUT2D eigenvalue weighted by atomic mass is 10.1. The second-order valence-corrected chi connectivity index (χ2v) is 4.98. The van der Waals surface area contributed by atoms with Gasteiger partial charge in [0.1, 0.15) is 0 Å². The highest BCUT2D eigenvalue weighted by molar-refractivity contribution is 5.29. The molecule has 0 saturated heterocycles. The van der Waals surface area contributed by atoms with E-state index in [1.807, 2.05) is 0 Å². The van der Waals surface area contributed by atoms with Gasteiger partial charge < -0.3 is 10.4 Å². The van der Waals surface area contributed by atoms with E-state index in [0.29, 0.717) is 18.2 Å². The van der Waals surface area contributed by atoms with Crippen LogP contribution in [0.25, 0.3) is 0 Å². The first-order valence-corrected chi connectivity index (χ1v) is 6.57. The smallest absolute Gasteiger partial charge is 0.187 e. The van der Waals surface area contributed by atoms with Gasteiger partial charge in [0.15, 0.2) is 17.4 Å². The Morgan fingerprint density at radius 3 is 2.17 bits per heavy atom. The average molecular weight is 255 g/mol. The van der Waals surface area contributed by atoms with E-state index in [2.05, 4.69) is 5.32 Å². The van der Waals surface area contributed by atoms with Crippen molar-refractivity contribution in [1.82, 2.24) is 5.32 Å². The van der Waals surface area contributed by atoms with E-state index < -0.39 is 17.4 Å². The lowest BCUT2D eigenvalue weighted by Gasteiger charge is -2.16. The van der Waals surface area contributed by atoms with Crippen LogP contribution in [0.4, 0.5) is 8.78 Å². The fourth-order valence-electron chi connectivity index (χ4n) is 2.47. The third kappa shape index (κ3) is 3.42. The van der Waals surface area contributed by atoms with Gasteiger partial charge in [-0.25, -0.2) is 8.78 Å². The van der Waals surface area contributed by atoms with Crippen LogP contribution in [0.2, 0.25) is 0 Å². The van der Waals surface area contributed by atoms with Crippen LogP contribution in [0.3, 0.4) is 0 Å². The van der Waals surface area contributed by atoms with Crippen LogP contribution in [0, 0.1) is 11.6 Å². The first-order valence-electron chi connectivity index (χ1n) is 6.57. The Morgan fingerprint density at radius 1 is 1.06 bits per heavy atom. The third-order valence-corrected chi connectivity index (χ3v) is 3.53. The van der Waals surface area contributed by atoms with Crippen LogP contribution in [0.1, 0.15) is 44.1 Å². The molecule has 1 aliphatic rings. The van der Waals surface area contributed by atoms with Crippen LogP contribution < -0.4 is 5.32 Å². The molecule has 1 aromatic carbocycles. The minimum Gasteiger partial charge on any atom is -0.503 e. The number of phenolic OH excluding ortho intramolecular Hbond substituents is 1. The Balaban J connectivity index is 1.93. The molecular formula is C14H19F2NO. The Bertz CT molecular complexity index is 378. The number of aromatic hydroxyl groups is 1. The molecule has 1 fully saturated rings. The predicted octanol–water partition coefficient (Wildman–Crippen LogP) is 3.48. The van der Waals surface area contributed by atoms with E-state index in [1.54, 1.807) is 0 Å². The van der Waals surface area contributed by atoms with Gasteiger partial charge in [-0.05, 0) is 30.5 Å².